The van der Waals surface area contributed by atoms with Crippen LogP contribution in [0.2, 0.25) is 0 Å². The molecule has 4 heteroatoms. The lowest BCUT2D eigenvalue weighted by atomic mass is 10.1. The quantitative estimate of drug-likeness (QED) is 0.415. The molecule has 0 rings (SSSR count). The van der Waals surface area contributed by atoms with Crippen molar-refractivity contribution in [2.75, 3.05) is 0 Å². The van der Waals surface area contributed by atoms with Crippen LogP contribution in [0, 0.1) is 0 Å². The third-order valence-electron chi connectivity index (χ3n) is 3.06. The molecule has 0 aliphatic carbocycles. The normalized spacial score (nSPS) is 11.5. The second-order valence-corrected chi connectivity index (χ2v) is 4.87. The highest BCUT2D eigenvalue weighted by Gasteiger charge is 2.10. The molecule has 0 aromatic rings. The molecule has 0 fully saturated rings. The third kappa shape index (κ3) is 11.5. The van der Waals surface area contributed by atoms with E-state index in [1.165, 1.54) is 38.5 Å². The summed E-state index contributed by atoms with van der Waals surface area (Å²) < 4.78 is 0. The van der Waals surface area contributed by atoms with Gasteiger partial charge >= 0.3 is 11.9 Å². The van der Waals surface area contributed by atoms with Crippen LogP contribution in [0.15, 0.2) is 11.6 Å². The molecular weight excluding hydrogens is 244 g/mol. The molecule has 0 aliphatic heterocycles. The molecule has 110 valence electrons. The molecule has 0 bridgehead atoms. The molecule has 0 spiro atoms. The number of unbranched alkanes of at least 4 members (excludes halogenated alkanes) is 8. The van der Waals surface area contributed by atoms with Crippen LogP contribution < -0.4 is 0 Å². The van der Waals surface area contributed by atoms with Crippen molar-refractivity contribution in [2.24, 2.45) is 0 Å². The summed E-state index contributed by atoms with van der Waals surface area (Å²) in [6.07, 6.45) is 11.4. The van der Waals surface area contributed by atoms with E-state index in [4.69, 9.17) is 10.2 Å². The van der Waals surface area contributed by atoms with Crippen LogP contribution in [0.3, 0.4) is 0 Å². The smallest absolute Gasteiger partial charge is 0.331 e. The van der Waals surface area contributed by atoms with E-state index >= 15 is 0 Å². The first kappa shape index (κ1) is 17.7. The van der Waals surface area contributed by atoms with E-state index in [1.54, 1.807) is 6.08 Å². The first-order chi connectivity index (χ1) is 9.07. The highest BCUT2D eigenvalue weighted by Crippen LogP contribution is 2.11. The largest absolute Gasteiger partial charge is 0.481 e. The highest BCUT2D eigenvalue weighted by atomic mass is 16.4. The Kier molecular flexibility index (Phi) is 10.9. The van der Waals surface area contributed by atoms with Gasteiger partial charge in [0.05, 0.1) is 6.42 Å². The standard InChI is InChI=1S/C15H26O4/c1-2-3-4-5-6-7-8-9-10-11-13(15(18)19)12-14(16)17/h11H,2-10,12H2,1H3,(H,16,17)(H,18,19). The van der Waals surface area contributed by atoms with Crippen LogP contribution in [0.5, 0.6) is 0 Å². The summed E-state index contributed by atoms with van der Waals surface area (Å²) in [7, 11) is 0. The molecule has 0 saturated carbocycles. The van der Waals surface area contributed by atoms with Crippen LogP contribution in [-0.2, 0) is 9.59 Å². The van der Waals surface area contributed by atoms with Crippen LogP contribution in [-0.4, -0.2) is 22.2 Å². The van der Waals surface area contributed by atoms with Gasteiger partial charge in [0.1, 0.15) is 0 Å². The van der Waals surface area contributed by atoms with E-state index < -0.39 is 18.4 Å². The van der Waals surface area contributed by atoms with E-state index in [0.29, 0.717) is 6.42 Å². The van der Waals surface area contributed by atoms with E-state index in [1.807, 2.05) is 0 Å². The molecular formula is C15H26O4. The van der Waals surface area contributed by atoms with Crippen molar-refractivity contribution in [3.63, 3.8) is 0 Å². The fourth-order valence-corrected chi connectivity index (χ4v) is 1.95. The Labute approximate surface area is 115 Å². The van der Waals surface area contributed by atoms with Gasteiger partial charge in [-0.25, -0.2) is 4.79 Å². The van der Waals surface area contributed by atoms with Gasteiger partial charge in [-0.1, -0.05) is 57.9 Å². The molecule has 0 saturated heterocycles. The first-order valence-electron chi connectivity index (χ1n) is 7.22. The monoisotopic (exact) mass is 270 g/mol. The zero-order valence-corrected chi connectivity index (χ0v) is 11.9. The summed E-state index contributed by atoms with van der Waals surface area (Å²) in [6, 6.07) is 0. The van der Waals surface area contributed by atoms with Crippen molar-refractivity contribution >= 4 is 11.9 Å². The van der Waals surface area contributed by atoms with Gasteiger partial charge < -0.3 is 10.2 Å². The fraction of sp³-hybridized carbons (Fsp3) is 0.733. The molecule has 0 atom stereocenters. The Hall–Kier alpha value is -1.32. The second kappa shape index (κ2) is 11.8. The number of aliphatic carboxylic acids is 2. The number of rotatable bonds is 12. The minimum atomic E-state index is -1.12. The molecule has 4 nitrogen and oxygen atoms in total. The van der Waals surface area contributed by atoms with Gasteiger partial charge in [-0.15, -0.1) is 0 Å². The fourth-order valence-electron chi connectivity index (χ4n) is 1.95. The van der Waals surface area contributed by atoms with Crippen LogP contribution in [0.1, 0.15) is 71.1 Å². The maximum Gasteiger partial charge on any atom is 0.331 e. The Balaban J connectivity index is 3.63. The van der Waals surface area contributed by atoms with Crippen molar-refractivity contribution in [3.05, 3.63) is 11.6 Å². The van der Waals surface area contributed by atoms with Crippen molar-refractivity contribution in [1.82, 2.24) is 0 Å². The number of carboxylic acids is 2. The van der Waals surface area contributed by atoms with Crippen LogP contribution in [0.25, 0.3) is 0 Å². The predicted octanol–water partition coefficient (Wildman–Crippen LogP) is 4.00. The van der Waals surface area contributed by atoms with Crippen molar-refractivity contribution < 1.29 is 19.8 Å². The lowest BCUT2D eigenvalue weighted by molar-refractivity contribution is -0.139. The van der Waals surface area contributed by atoms with E-state index in [2.05, 4.69) is 6.92 Å². The number of carbonyl (C=O) groups is 2. The molecule has 0 aliphatic rings. The molecule has 0 amide bonds. The number of hydrogen-bond donors (Lipinski definition) is 2. The number of hydrogen-bond acceptors (Lipinski definition) is 2. The Morgan fingerprint density at radius 2 is 1.42 bits per heavy atom. The van der Waals surface area contributed by atoms with Crippen molar-refractivity contribution in [2.45, 2.75) is 71.1 Å². The molecule has 0 unspecified atom stereocenters. The second-order valence-electron chi connectivity index (χ2n) is 4.87. The topological polar surface area (TPSA) is 74.6 Å². The van der Waals surface area contributed by atoms with Gasteiger partial charge in [-0.05, 0) is 12.8 Å². The SMILES string of the molecule is CCCCCCCCCCC=C(CC(=O)O)C(=O)O. The Bertz CT molecular complexity index is 295. The van der Waals surface area contributed by atoms with E-state index in [0.717, 1.165) is 12.8 Å². The summed E-state index contributed by atoms with van der Waals surface area (Å²) >= 11 is 0. The van der Waals surface area contributed by atoms with E-state index in [9.17, 15) is 9.59 Å². The van der Waals surface area contributed by atoms with Gasteiger partial charge in [0, 0.05) is 5.57 Å². The average molecular weight is 270 g/mol. The molecule has 0 radical (unpaired) electrons. The lowest BCUT2D eigenvalue weighted by Crippen LogP contribution is -2.06. The van der Waals surface area contributed by atoms with Crippen molar-refractivity contribution in [1.29, 1.82) is 0 Å². The zero-order chi connectivity index (χ0) is 14.5. The van der Waals surface area contributed by atoms with Gasteiger partial charge in [0.25, 0.3) is 0 Å². The summed E-state index contributed by atoms with van der Waals surface area (Å²) in [4.78, 5) is 21.2. The number of carboxylic acid groups (broad SMARTS) is 2. The Morgan fingerprint density at radius 3 is 1.89 bits per heavy atom. The summed E-state index contributed by atoms with van der Waals surface area (Å²) in [5.74, 6) is -2.22. The van der Waals surface area contributed by atoms with Gasteiger partial charge in [-0.3, -0.25) is 4.79 Å². The zero-order valence-electron chi connectivity index (χ0n) is 11.9. The summed E-state index contributed by atoms with van der Waals surface area (Å²) in [5, 5.41) is 17.4. The minimum absolute atomic E-state index is 0.00422. The summed E-state index contributed by atoms with van der Waals surface area (Å²) in [6.45, 7) is 2.20. The highest BCUT2D eigenvalue weighted by molar-refractivity contribution is 5.91. The third-order valence-corrected chi connectivity index (χ3v) is 3.06. The number of allylic oxidation sites excluding steroid dienone is 1. The average Bonchev–Trinajstić information content (AvgIpc) is 2.34. The maximum atomic E-state index is 10.8. The van der Waals surface area contributed by atoms with Crippen LogP contribution in [0.4, 0.5) is 0 Å². The van der Waals surface area contributed by atoms with E-state index in [-0.39, 0.29) is 5.57 Å². The minimum Gasteiger partial charge on any atom is -0.481 e. The summed E-state index contributed by atoms with van der Waals surface area (Å²) in [5.41, 5.74) is -0.00422. The molecule has 0 heterocycles. The molecule has 2 N–H and O–H groups in total. The lowest BCUT2D eigenvalue weighted by Gasteiger charge is -2.01. The van der Waals surface area contributed by atoms with Crippen molar-refractivity contribution in [3.8, 4) is 0 Å². The molecule has 19 heavy (non-hydrogen) atoms. The molecule has 0 aromatic carbocycles. The molecule has 0 aromatic heterocycles. The van der Waals surface area contributed by atoms with Gasteiger partial charge in [0.2, 0.25) is 0 Å². The van der Waals surface area contributed by atoms with Gasteiger partial charge in [-0.2, -0.15) is 0 Å². The predicted molar refractivity (Wildman–Crippen MR) is 75.2 cm³/mol. The Morgan fingerprint density at radius 1 is 0.895 bits per heavy atom. The first-order valence-corrected chi connectivity index (χ1v) is 7.22. The maximum absolute atomic E-state index is 10.8. The van der Waals surface area contributed by atoms with Gasteiger partial charge in [0.15, 0.2) is 0 Å². The van der Waals surface area contributed by atoms with Crippen LogP contribution >= 0.6 is 0 Å².